The second-order valence-electron chi connectivity index (χ2n) is 11.7. The predicted octanol–water partition coefficient (Wildman–Crippen LogP) is 13.5. The van der Waals surface area contributed by atoms with Gasteiger partial charge in [-0.1, -0.05) is 72.3 Å². The summed E-state index contributed by atoms with van der Waals surface area (Å²) in [5.41, 5.74) is -1.50. The van der Waals surface area contributed by atoms with Gasteiger partial charge in [0, 0.05) is 5.56 Å². The van der Waals surface area contributed by atoms with E-state index in [4.69, 9.17) is 11.6 Å². The van der Waals surface area contributed by atoms with Gasteiger partial charge in [0.15, 0.2) is 23.1 Å². The Morgan fingerprint density at radius 2 is 1.19 bits per heavy atom. The molecule has 0 atom stereocenters. The zero-order valence-electron chi connectivity index (χ0n) is 27.3. The zero-order valence-corrected chi connectivity index (χ0v) is 28.1. The van der Waals surface area contributed by atoms with Gasteiger partial charge in [-0.2, -0.15) is 8.78 Å². The van der Waals surface area contributed by atoms with Crippen molar-refractivity contribution in [3.8, 4) is 44.9 Å². The molecule has 0 saturated carbocycles. The minimum absolute atomic E-state index is 0.220. The molecule has 276 valence electrons. The third-order valence-electron chi connectivity index (χ3n) is 7.92. The standard InChI is InChI=1S/C40H27ClF10O2/c1-2-3-4-5-6-7-8-23-9-11-24(12-10-23)27-17-30(41)38(35(46)20-27)53-39(47,48)28-21-33(44)37(34(45)22-28)26-13-15-29(31(42)19-26)25-14-16-36(32(43)18-25)52-40(49,50)51/h2,5-6,9-22H,1,3-4,7-8H2. The van der Waals surface area contributed by atoms with E-state index >= 15 is 26.3 Å². The van der Waals surface area contributed by atoms with E-state index in [-0.39, 0.29) is 28.8 Å². The van der Waals surface area contributed by atoms with Gasteiger partial charge in [-0.3, -0.25) is 0 Å². The van der Waals surface area contributed by atoms with Crippen LogP contribution < -0.4 is 9.47 Å². The van der Waals surface area contributed by atoms with Gasteiger partial charge in [-0.05, 0) is 96.0 Å². The smallest absolute Gasteiger partial charge is 0.424 e. The normalized spacial score (nSPS) is 12.0. The topological polar surface area (TPSA) is 18.5 Å². The molecule has 0 saturated heterocycles. The lowest BCUT2D eigenvalue weighted by molar-refractivity contribution is -0.275. The molecule has 0 radical (unpaired) electrons. The molecule has 0 fully saturated rings. The van der Waals surface area contributed by atoms with Gasteiger partial charge >= 0.3 is 12.5 Å². The number of hydrogen-bond acceptors (Lipinski definition) is 2. The van der Waals surface area contributed by atoms with Crippen LogP contribution in [0.1, 0.15) is 30.4 Å². The van der Waals surface area contributed by atoms with Gasteiger partial charge in [-0.15, -0.1) is 19.8 Å². The Morgan fingerprint density at radius 3 is 1.79 bits per heavy atom. The molecule has 0 amide bonds. The van der Waals surface area contributed by atoms with E-state index in [9.17, 15) is 17.6 Å². The highest BCUT2D eigenvalue weighted by Crippen LogP contribution is 2.41. The van der Waals surface area contributed by atoms with E-state index in [2.05, 4.69) is 28.2 Å². The molecule has 0 aliphatic rings. The summed E-state index contributed by atoms with van der Waals surface area (Å²) in [6.45, 7) is 3.67. The summed E-state index contributed by atoms with van der Waals surface area (Å²) in [6, 6.07) is 14.4. The maximum absolute atomic E-state index is 15.3. The van der Waals surface area contributed by atoms with Crippen LogP contribution in [0.3, 0.4) is 0 Å². The summed E-state index contributed by atoms with van der Waals surface area (Å²) < 4.78 is 151. The highest BCUT2D eigenvalue weighted by molar-refractivity contribution is 6.32. The van der Waals surface area contributed by atoms with Crippen LogP contribution in [0.2, 0.25) is 5.02 Å². The van der Waals surface area contributed by atoms with E-state index in [0.717, 1.165) is 55.5 Å². The van der Waals surface area contributed by atoms with Crippen LogP contribution in [0.4, 0.5) is 43.9 Å². The molecule has 5 aromatic rings. The molecule has 0 aliphatic heterocycles. The Hall–Kier alpha value is -5.23. The van der Waals surface area contributed by atoms with Crippen molar-refractivity contribution >= 4 is 11.6 Å². The Morgan fingerprint density at radius 1 is 0.585 bits per heavy atom. The number of rotatable bonds is 13. The number of hydrogen-bond donors (Lipinski definition) is 0. The molecule has 5 aromatic carbocycles. The molecule has 5 rings (SSSR count). The molecule has 0 aromatic heterocycles. The number of ether oxygens (including phenoxy) is 2. The lowest BCUT2D eigenvalue weighted by Gasteiger charge is -2.21. The average molecular weight is 765 g/mol. The number of allylic oxidation sites excluding steroid dienone is 3. The summed E-state index contributed by atoms with van der Waals surface area (Å²) >= 11 is 6.14. The maximum atomic E-state index is 15.3. The molecular weight excluding hydrogens is 738 g/mol. The molecule has 0 N–H and O–H groups in total. The molecule has 0 aliphatic carbocycles. The van der Waals surface area contributed by atoms with Crippen molar-refractivity contribution in [3.05, 3.63) is 155 Å². The van der Waals surface area contributed by atoms with Crippen LogP contribution in [0.5, 0.6) is 11.5 Å². The number of aryl methyl sites for hydroxylation is 1. The van der Waals surface area contributed by atoms with Crippen LogP contribution in [-0.2, 0) is 12.5 Å². The molecule has 0 bridgehead atoms. The lowest BCUT2D eigenvalue weighted by Crippen LogP contribution is -2.23. The minimum atomic E-state index is -5.18. The van der Waals surface area contributed by atoms with Crippen molar-refractivity contribution in [2.24, 2.45) is 0 Å². The molecular formula is C40H27ClF10O2. The largest absolute Gasteiger partial charge is 0.573 e. The number of halogens is 11. The van der Waals surface area contributed by atoms with Crippen molar-refractivity contribution < 1.29 is 53.4 Å². The van der Waals surface area contributed by atoms with Crippen LogP contribution >= 0.6 is 11.6 Å². The maximum Gasteiger partial charge on any atom is 0.573 e. The second-order valence-corrected chi connectivity index (χ2v) is 12.1. The van der Waals surface area contributed by atoms with Crippen molar-refractivity contribution in [2.75, 3.05) is 0 Å². The average Bonchev–Trinajstić information content (AvgIpc) is 3.08. The Bertz CT molecular complexity index is 2100. The lowest BCUT2D eigenvalue weighted by atomic mass is 9.97. The first-order chi connectivity index (χ1) is 25.1. The van der Waals surface area contributed by atoms with Crippen LogP contribution in [-0.4, -0.2) is 6.36 Å². The molecule has 0 spiro atoms. The summed E-state index contributed by atoms with van der Waals surface area (Å²) in [4.78, 5) is 0. The van der Waals surface area contributed by atoms with Gasteiger partial charge in [0.25, 0.3) is 0 Å². The van der Waals surface area contributed by atoms with Crippen molar-refractivity contribution in [2.45, 2.75) is 38.2 Å². The van der Waals surface area contributed by atoms with Crippen LogP contribution in [0.25, 0.3) is 33.4 Å². The molecule has 0 unspecified atom stereocenters. The van der Waals surface area contributed by atoms with Crippen molar-refractivity contribution in [1.82, 2.24) is 0 Å². The minimum Gasteiger partial charge on any atom is -0.424 e. The van der Waals surface area contributed by atoms with Crippen LogP contribution in [0, 0.1) is 29.1 Å². The van der Waals surface area contributed by atoms with Crippen LogP contribution in [0.15, 0.2) is 110 Å². The van der Waals surface area contributed by atoms with E-state index in [0.29, 0.717) is 23.8 Å². The Balaban J connectivity index is 1.32. The molecule has 53 heavy (non-hydrogen) atoms. The van der Waals surface area contributed by atoms with E-state index < -0.39 is 74.8 Å². The van der Waals surface area contributed by atoms with E-state index in [1.807, 2.05) is 18.2 Å². The Kier molecular flexibility index (Phi) is 11.9. The number of benzene rings is 5. The van der Waals surface area contributed by atoms with E-state index in [1.54, 1.807) is 12.1 Å². The highest BCUT2D eigenvalue weighted by Gasteiger charge is 2.38. The second kappa shape index (κ2) is 16.2. The van der Waals surface area contributed by atoms with Gasteiger partial charge in [0.1, 0.15) is 17.5 Å². The molecule has 13 heteroatoms. The van der Waals surface area contributed by atoms with Crippen molar-refractivity contribution in [3.63, 3.8) is 0 Å². The first-order valence-electron chi connectivity index (χ1n) is 15.8. The van der Waals surface area contributed by atoms with Gasteiger partial charge in [0.2, 0.25) is 0 Å². The first-order valence-corrected chi connectivity index (χ1v) is 16.2. The Labute approximate surface area is 302 Å². The van der Waals surface area contributed by atoms with Gasteiger partial charge in [0.05, 0.1) is 16.1 Å². The zero-order chi connectivity index (χ0) is 38.5. The third kappa shape index (κ3) is 9.61. The summed E-state index contributed by atoms with van der Waals surface area (Å²) in [6.07, 6.45) is -0.329. The van der Waals surface area contributed by atoms with Crippen molar-refractivity contribution in [1.29, 1.82) is 0 Å². The van der Waals surface area contributed by atoms with Gasteiger partial charge in [-0.25, -0.2) is 22.0 Å². The fraction of sp³-hybridized carbons (Fsp3) is 0.150. The third-order valence-corrected chi connectivity index (χ3v) is 8.20. The highest BCUT2D eigenvalue weighted by atomic mass is 35.5. The predicted molar refractivity (Wildman–Crippen MR) is 182 cm³/mol. The molecule has 0 heterocycles. The number of alkyl halides is 5. The van der Waals surface area contributed by atoms with E-state index in [1.165, 1.54) is 6.07 Å². The summed E-state index contributed by atoms with van der Waals surface area (Å²) in [7, 11) is 0. The summed E-state index contributed by atoms with van der Waals surface area (Å²) in [5.74, 6) is -9.27. The number of unbranched alkanes of at least 4 members (excludes halogenated alkanes) is 1. The summed E-state index contributed by atoms with van der Waals surface area (Å²) in [5, 5.41) is -0.538. The quantitative estimate of drug-likeness (QED) is 0.0675. The van der Waals surface area contributed by atoms with Gasteiger partial charge < -0.3 is 9.47 Å². The fourth-order valence-electron chi connectivity index (χ4n) is 5.37. The SMILES string of the molecule is C=CCCC=CCCc1ccc(-c2cc(F)c(OC(F)(F)c3cc(F)c(-c4ccc(-c5ccc(OC(F)(F)F)c(F)c5)c(F)c4)c(F)c3)c(Cl)c2)cc1. The first kappa shape index (κ1) is 39.0. The fourth-order valence-corrected chi connectivity index (χ4v) is 5.62. The monoisotopic (exact) mass is 764 g/mol. The molecule has 2 nitrogen and oxygen atoms in total.